The van der Waals surface area contributed by atoms with E-state index in [1.54, 1.807) is 13.8 Å². The van der Waals surface area contributed by atoms with E-state index in [1.165, 1.54) is 24.3 Å². The number of hydrogen-bond acceptors (Lipinski definition) is 8. The maximum Gasteiger partial charge on any atom is 0.326 e. The number of nitrogens with two attached hydrogens (primary N) is 2. The summed E-state index contributed by atoms with van der Waals surface area (Å²) in [5.41, 5.74) is 11.4. The summed E-state index contributed by atoms with van der Waals surface area (Å²) in [5, 5.41) is 34.7. The van der Waals surface area contributed by atoms with Crippen LogP contribution in [0.1, 0.15) is 38.7 Å². The lowest BCUT2D eigenvalue weighted by Crippen LogP contribution is -2.58. The third kappa shape index (κ3) is 10.9. The third-order valence-corrected chi connectivity index (χ3v) is 5.28. The van der Waals surface area contributed by atoms with Crippen LogP contribution in [0.5, 0.6) is 5.75 Å². The van der Waals surface area contributed by atoms with Gasteiger partial charge in [-0.25, -0.2) is 4.79 Å². The summed E-state index contributed by atoms with van der Waals surface area (Å²) in [6, 6.07) is 0.246. The van der Waals surface area contributed by atoms with E-state index in [0.717, 1.165) is 0 Å². The lowest BCUT2D eigenvalue weighted by molar-refractivity contribution is -0.143. The predicted molar refractivity (Wildman–Crippen MR) is 129 cm³/mol. The lowest BCUT2D eigenvalue weighted by atomic mass is 10.0. The Kier molecular flexibility index (Phi) is 12.0. The molecular weight excluding hydrogens is 490 g/mol. The summed E-state index contributed by atoms with van der Waals surface area (Å²) >= 11 is 0. The number of aliphatic carboxylic acids is 2. The second kappa shape index (κ2) is 14.4. The zero-order chi connectivity index (χ0) is 28.3. The van der Waals surface area contributed by atoms with Gasteiger partial charge in [-0.2, -0.15) is 0 Å². The fourth-order valence-electron chi connectivity index (χ4n) is 3.22. The highest BCUT2D eigenvalue weighted by Crippen LogP contribution is 2.12. The van der Waals surface area contributed by atoms with Gasteiger partial charge in [0.15, 0.2) is 0 Å². The van der Waals surface area contributed by atoms with Crippen LogP contribution in [0.15, 0.2) is 24.3 Å². The van der Waals surface area contributed by atoms with Crippen LogP contribution in [0, 0.1) is 5.92 Å². The van der Waals surface area contributed by atoms with Crippen LogP contribution in [0.2, 0.25) is 0 Å². The van der Waals surface area contributed by atoms with Gasteiger partial charge >= 0.3 is 11.9 Å². The second-order valence-electron chi connectivity index (χ2n) is 8.77. The summed E-state index contributed by atoms with van der Waals surface area (Å²) in [4.78, 5) is 72.2. The number of phenolic OH excluding ortho intramolecular Hbond substituents is 1. The van der Waals surface area contributed by atoms with E-state index in [0.29, 0.717) is 5.56 Å². The zero-order valence-electron chi connectivity index (χ0n) is 20.5. The Bertz CT molecular complexity index is 997. The third-order valence-electron chi connectivity index (χ3n) is 5.28. The molecule has 1 aromatic rings. The Labute approximate surface area is 212 Å². The molecule has 10 N–H and O–H groups in total. The molecule has 4 unspecified atom stereocenters. The molecule has 14 nitrogen and oxygen atoms in total. The van der Waals surface area contributed by atoms with Crippen LogP contribution in [-0.4, -0.2) is 75.1 Å². The molecule has 0 fully saturated rings. The maximum absolute atomic E-state index is 13.0. The molecule has 0 spiro atoms. The van der Waals surface area contributed by atoms with Crippen LogP contribution in [-0.2, 0) is 35.2 Å². The molecule has 0 aliphatic carbocycles. The van der Waals surface area contributed by atoms with Crippen molar-refractivity contribution < 1.29 is 44.1 Å². The van der Waals surface area contributed by atoms with Gasteiger partial charge in [0.25, 0.3) is 0 Å². The number of nitrogens with one attached hydrogen (secondary N) is 3. The van der Waals surface area contributed by atoms with E-state index in [2.05, 4.69) is 16.0 Å². The number of primary amides is 1. The van der Waals surface area contributed by atoms with Gasteiger partial charge in [-0.1, -0.05) is 26.0 Å². The highest BCUT2D eigenvalue weighted by atomic mass is 16.4. The van der Waals surface area contributed by atoms with Crippen molar-refractivity contribution in [1.82, 2.24) is 16.0 Å². The highest BCUT2D eigenvalue weighted by molar-refractivity contribution is 5.96. The SMILES string of the molecule is CC(C)C(NC(=O)C(Cc1ccc(O)cc1)NC(=O)C(CC(N)=O)NC(=O)C(N)CCC(=O)O)C(=O)O. The van der Waals surface area contributed by atoms with Crippen molar-refractivity contribution in [2.75, 3.05) is 0 Å². The first-order valence-corrected chi connectivity index (χ1v) is 11.4. The number of carboxylic acids is 2. The first-order chi connectivity index (χ1) is 17.2. The summed E-state index contributed by atoms with van der Waals surface area (Å²) in [7, 11) is 0. The Hall–Kier alpha value is -4.20. The van der Waals surface area contributed by atoms with Gasteiger partial charge in [0, 0.05) is 12.8 Å². The predicted octanol–water partition coefficient (Wildman–Crippen LogP) is -1.80. The molecule has 0 aromatic heterocycles. The molecule has 0 heterocycles. The van der Waals surface area contributed by atoms with Crippen molar-refractivity contribution in [2.45, 2.75) is 63.7 Å². The Morgan fingerprint density at radius 3 is 1.89 bits per heavy atom. The number of hydrogen-bond donors (Lipinski definition) is 8. The molecule has 0 bridgehead atoms. The standard InChI is InChI=1S/C23H33N5O9/c1-11(2)19(23(36)37)28-22(35)15(9-12-3-5-13(29)6-4-12)27-21(34)16(10-17(25)30)26-20(33)14(24)7-8-18(31)32/h3-6,11,14-16,19,29H,7-10,24H2,1-2H3,(H2,25,30)(H,26,33)(H,27,34)(H,28,35)(H,31,32)(H,36,37). The molecule has 0 saturated heterocycles. The van der Waals surface area contributed by atoms with Gasteiger partial charge in [-0.15, -0.1) is 0 Å². The van der Waals surface area contributed by atoms with Crippen molar-refractivity contribution >= 4 is 35.6 Å². The Balaban J connectivity index is 3.14. The van der Waals surface area contributed by atoms with E-state index < -0.39 is 78.5 Å². The smallest absolute Gasteiger partial charge is 0.326 e. The normalized spacial score (nSPS) is 14.1. The molecule has 204 valence electrons. The second-order valence-corrected chi connectivity index (χ2v) is 8.77. The van der Waals surface area contributed by atoms with E-state index in [9.17, 15) is 39.0 Å². The summed E-state index contributed by atoms with van der Waals surface area (Å²) in [5.74, 6) is -6.68. The van der Waals surface area contributed by atoms with Crippen LogP contribution >= 0.6 is 0 Å². The molecule has 0 saturated carbocycles. The molecule has 0 aliphatic heterocycles. The monoisotopic (exact) mass is 523 g/mol. The van der Waals surface area contributed by atoms with Gasteiger partial charge < -0.3 is 42.7 Å². The molecule has 4 amide bonds. The van der Waals surface area contributed by atoms with E-state index in [-0.39, 0.29) is 18.6 Å². The lowest BCUT2D eigenvalue weighted by Gasteiger charge is -2.26. The first kappa shape index (κ1) is 30.8. The van der Waals surface area contributed by atoms with Crippen molar-refractivity contribution in [3.63, 3.8) is 0 Å². The first-order valence-electron chi connectivity index (χ1n) is 11.4. The van der Waals surface area contributed by atoms with Crippen molar-refractivity contribution in [3.8, 4) is 5.75 Å². The highest BCUT2D eigenvalue weighted by Gasteiger charge is 2.32. The van der Waals surface area contributed by atoms with Gasteiger partial charge in [-0.3, -0.25) is 24.0 Å². The number of phenols is 1. The molecule has 1 aromatic carbocycles. The topological polar surface area (TPSA) is 251 Å². The number of carbonyl (C=O) groups excluding carboxylic acids is 4. The van der Waals surface area contributed by atoms with Crippen LogP contribution in [0.4, 0.5) is 0 Å². The largest absolute Gasteiger partial charge is 0.508 e. The number of amides is 4. The number of carboxylic acid groups (broad SMARTS) is 2. The van der Waals surface area contributed by atoms with E-state index in [1.807, 2.05) is 0 Å². The van der Waals surface area contributed by atoms with Crippen LogP contribution < -0.4 is 27.4 Å². The molecule has 14 heteroatoms. The van der Waals surface area contributed by atoms with E-state index >= 15 is 0 Å². The molecule has 0 radical (unpaired) electrons. The van der Waals surface area contributed by atoms with Crippen molar-refractivity contribution in [1.29, 1.82) is 0 Å². The summed E-state index contributed by atoms with van der Waals surface area (Å²) in [6.45, 7) is 3.16. The van der Waals surface area contributed by atoms with Crippen molar-refractivity contribution in [3.05, 3.63) is 29.8 Å². The molecule has 4 atom stereocenters. The Morgan fingerprint density at radius 2 is 1.41 bits per heavy atom. The zero-order valence-corrected chi connectivity index (χ0v) is 20.5. The average Bonchev–Trinajstić information content (AvgIpc) is 2.80. The minimum Gasteiger partial charge on any atom is -0.508 e. The number of rotatable bonds is 15. The summed E-state index contributed by atoms with van der Waals surface area (Å²) < 4.78 is 0. The van der Waals surface area contributed by atoms with Gasteiger partial charge in [-0.05, 0) is 30.0 Å². The van der Waals surface area contributed by atoms with E-state index in [4.69, 9.17) is 16.6 Å². The fourth-order valence-corrected chi connectivity index (χ4v) is 3.22. The fraction of sp³-hybridized carbons (Fsp3) is 0.478. The Morgan fingerprint density at radius 1 is 0.865 bits per heavy atom. The van der Waals surface area contributed by atoms with Gasteiger partial charge in [0.2, 0.25) is 23.6 Å². The minimum absolute atomic E-state index is 0.0389. The quantitative estimate of drug-likeness (QED) is 0.128. The molecular formula is C23H33N5O9. The molecule has 1 rings (SSSR count). The van der Waals surface area contributed by atoms with Crippen molar-refractivity contribution in [2.24, 2.45) is 17.4 Å². The average molecular weight is 524 g/mol. The summed E-state index contributed by atoms with van der Waals surface area (Å²) in [6.07, 6.45) is -1.42. The number of carbonyl (C=O) groups is 6. The van der Waals surface area contributed by atoms with Crippen LogP contribution in [0.3, 0.4) is 0 Å². The molecule has 37 heavy (non-hydrogen) atoms. The van der Waals surface area contributed by atoms with Gasteiger partial charge in [0.05, 0.1) is 12.5 Å². The molecule has 0 aliphatic rings. The minimum atomic E-state index is -1.55. The van der Waals surface area contributed by atoms with Gasteiger partial charge in [0.1, 0.15) is 23.9 Å². The number of aromatic hydroxyl groups is 1. The van der Waals surface area contributed by atoms with Crippen LogP contribution in [0.25, 0.3) is 0 Å². The maximum atomic E-state index is 13.0. The number of benzene rings is 1.